The second-order valence-corrected chi connectivity index (χ2v) is 6.62. The molecule has 1 aliphatic rings. The van der Waals surface area contributed by atoms with Gasteiger partial charge in [0.2, 0.25) is 0 Å². The molecule has 0 unspecified atom stereocenters. The highest BCUT2D eigenvalue weighted by Crippen LogP contribution is 2.38. The lowest BCUT2D eigenvalue weighted by Crippen LogP contribution is -2.31. The highest BCUT2D eigenvalue weighted by molar-refractivity contribution is 5.63. The van der Waals surface area contributed by atoms with Crippen LogP contribution in [0.25, 0.3) is 0 Å². The van der Waals surface area contributed by atoms with E-state index in [4.69, 9.17) is 9.47 Å². The van der Waals surface area contributed by atoms with Crippen LogP contribution in [0.5, 0.6) is 5.75 Å². The van der Waals surface area contributed by atoms with Crippen LogP contribution in [0.4, 0.5) is 4.79 Å². The van der Waals surface area contributed by atoms with E-state index in [0.29, 0.717) is 17.1 Å². The van der Waals surface area contributed by atoms with Crippen molar-refractivity contribution in [2.45, 2.75) is 52.6 Å². The Hall–Kier alpha value is -1.51. The van der Waals surface area contributed by atoms with E-state index < -0.39 is 6.16 Å². The predicted molar refractivity (Wildman–Crippen MR) is 78.8 cm³/mol. The van der Waals surface area contributed by atoms with E-state index in [9.17, 15) is 4.79 Å². The summed E-state index contributed by atoms with van der Waals surface area (Å²) < 4.78 is 10.5. The molecular weight excluding hydrogens is 252 g/mol. The molecule has 110 valence electrons. The van der Waals surface area contributed by atoms with Crippen LogP contribution < -0.4 is 4.74 Å². The number of hydrogen-bond acceptors (Lipinski definition) is 3. The molecule has 1 aromatic rings. The molecule has 0 aliphatic heterocycles. The molecule has 0 aromatic heterocycles. The molecule has 1 fully saturated rings. The fourth-order valence-electron chi connectivity index (χ4n) is 2.79. The molecule has 1 aliphatic carbocycles. The van der Waals surface area contributed by atoms with Crippen LogP contribution in [0, 0.1) is 11.3 Å². The molecule has 0 amide bonds. The summed E-state index contributed by atoms with van der Waals surface area (Å²) in [6.07, 6.45) is 3.53. The van der Waals surface area contributed by atoms with Crippen LogP contribution >= 0.6 is 0 Å². The maximum atomic E-state index is 11.7. The maximum Gasteiger partial charge on any atom is 0.514 e. The summed E-state index contributed by atoms with van der Waals surface area (Å²) in [6, 6.07) is 9.04. The fraction of sp³-hybridized carbons (Fsp3) is 0.588. The molecule has 0 heterocycles. The van der Waals surface area contributed by atoms with Gasteiger partial charge in [0.15, 0.2) is 0 Å². The Morgan fingerprint density at radius 3 is 2.20 bits per heavy atom. The maximum absolute atomic E-state index is 11.7. The molecule has 0 atom stereocenters. The highest BCUT2D eigenvalue weighted by Gasteiger charge is 2.31. The topological polar surface area (TPSA) is 35.5 Å². The number of rotatable bonds is 2. The second kappa shape index (κ2) is 6.29. The van der Waals surface area contributed by atoms with Gasteiger partial charge in [-0.25, -0.2) is 4.79 Å². The molecule has 1 aromatic carbocycles. The van der Waals surface area contributed by atoms with E-state index in [1.54, 1.807) is 12.1 Å². The van der Waals surface area contributed by atoms with Crippen molar-refractivity contribution in [3.05, 3.63) is 30.3 Å². The van der Waals surface area contributed by atoms with Gasteiger partial charge in [-0.1, -0.05) is 39.0 Å². The van der Waals surface area contributed by atoms with Crippen molar-refractivity contribution in [3.63, 3.8) is 0 Å². The monoisotopic (exact) mass is 276 g/mol. The van der Waals surface area contributed by atoms with Crippen LogP contribution in [0.1, 0.15) is 46.5 Å². The van der Waals surface area contributed by atoms with Gasteiger partial charge in [0, 0.05) is 0 Å². The number of carbonyl (C=O) groups excluding carboxylic acids is 1. The summed E-state index contributed by atoms with van der Waals surface area (Å²) in [5, 5.41) is 0. The zero-order chi connectivity index (χ0) is 14.6. The predicted octanol–water partition coefficient (Wildman–Crippen LogP) is 4.81. The quantitative estimate of drug-likeness (QED) is 0.574. The molecule has 0 N–H and O–H groups in total. The Morgan fingerprint density at radius 2 is 1.65 bits per heavy atom. The van der Waals surface area contributed by atoms with Crippen LogP contribution in [0.2, 0.25) is 0 Å². The zero-order valence-corrected chi connectivity index (χ0v) is 12.6. The third-order valence-electron chi connectivity index (χ3n) is 4.11. The van der Waals surface area contributed by atoms with Crippen LogP contribution in [-0.2, 0) is 4.74 Å². The smallest absolute Gasteiger partial charge is 0.431 e. The minimum Gasteiger partial charge on any atom is -0.431 e. The Labute approximate surface area is 121 Å². The van der Waals surface area contributed by atoms with Crippen molar-refractivity contribution in [2.75, 3.05) is 0 Å². The van der Waals surface area contributed by atoms with Gasteiger partial charge in [-0.05, 0) is 49.1 Å². The van der Waals surface area contributed by atoms with Crippen LogP contribution in [-0.4, -0.2) is 12.3 Å². The summed E-state index contributed by atoms with van der Waals surface area (Å²) in [6.45, 7) is 6.84. The van der Waals surface area contributed by atoms with Crippen molar-refractivity contribution in [1.29, 1.82) is 0 Å². The van der Waals surface area contributed by atoms with E-state index in [-0.39, 0.29) is 6.10 Å². The van der Waals surface area contributed by atoms with E-state index in [0.717, 1.165) is 25.7 Å². The lowest BCUT2D eigenvalue weighted by Gasteiger charge is -2.36. The van der Waals surface area contributed by atoms with Crippen molar-refractivity contribution in [3.8, 4) is 5.75 Å². The molecule has 0 bridgehead atoms. The number of carbonyl (C=O) groups is 1. The van der Waals surface area contributed by atoms with Gasteiger partial charge in [-0.2, -0.15) is 0 Å². The molecule has 2 rings (SSSR count). The Balaban J connectivity index is 1.77. The minimum absolute atomic E-state index is 0.00446. The Kier molecular flexibility index (Phi) is 4.69. The largest absolute Gasteiger partial charge is 0.514 e. The van der Waals surface area contributed by atoms with E-state index >= 15 is 0 Å². The fourth-order valence-corrected chi connectivity index (χ4v) is 2.79. The van der Waals surface area contributed by atoms with Gasteiger partial charge in [0.25, 0.3) is 0 Å². The lowest BCUT2D eigenvalue weighted by molar-refractivity contribution is 0.0213. The Bertz CT molecular complexity index is 425. The number of benzene rings is 1. The first-order valence-corrected chi connectivity index (χ1v) is 7.38. The highest BCUT2D eigenvalue weighted by atomic mass is 16.7. The summed E-state index contributed by atoms with van der Waals surface area (Å²) in [5.41, 5.74) is 0.343. The van der Waals surface area contributed by atoms with Crippen LogP contribution in [0.15, 0.2) is 30.3 Å². The molecule has 20 heavy (non-hydrogen) atoms. The summed E-state index contributed by atoms with van der Waals surface area (Å²) in [4.78, 5) is 11.7. The van der Waals surface area contributed by atoms with Gasteiger partial charge in [-0.3, -0.25) is 0 Å². The lowest BCUT2D eigenvalue weighted by atomic mass is 9.72. The standard InChI is InChI=1S/C17H24O3/c1-17(2,3)13-9-11-15(12-10-13)20-16(18)19-14-7-5-4-6-8-14/h4-8,13,15H,9-12H2,1-3H3. The van der Waals surface area contributed by atoms with Crippen LogP contribution in [0.3, 0.4) is 0 Å². The number of para-hydroxylation sites is 1. The van der Waals surface area contributed by atoms with Gasteiger partial charge >= 0.3 is 6.16 Å². The third-order valence-corrected chi connectivity index (χ3v) is 4.11. The minimum atomic E-state index is -0.588. The average molecular weight is 276 g/mol. The molecule has 0 spiro atoms. The van der Waals surface area contributed by atoms with Gasteiger partial charge in [-0.15, -0.1) is 0 Å². The van der Waals surface area contributed by atoms with E-state index in [1.807, 2.05) is 18.2 Å². The summed E-state index contributed by atoms with van der Waals surface area (Å²) in [5.74, 6) is 1.24. The first kappa shape index (κ1) is 14.9. The molecule has 0 radical (unpaired) electrons. The van der Waals surface area contributed by atoms with E-state index in [2.05, 4.69) is 20.8 Å². The molecule has 3 nitrogen and oxygen atoms in total. The van der Waals surface area contributed by atoms with Gasteiger partial charge in [0.05, 0.1) is 0 Å². The molecular formula is C17H24O3. The second-order valence-electron chi connectivity index (χ2n) is 6.62. The third kappa shape index (κ3) is 4.26. The summed E-state index contributed by atoms with van der Waals surface area (Å²) >= 11 is 0. The van der Waals surface area contributed by atoms with E-state index in [1.165, 1.54) is 0 Å². The van der Waals surface area contributed by atoms with Crippen molar-refractivity contribution in [1.82, 2.24) is 0 Å². The van der Waals surface area contributed by atoms with Crippen molar-refractivity contribution < 1.29 is 14.3 Å². The van der Waals surface area contributed by atoms with Crippen molar-refractivity contribution >= 4 is 6.16 Å². The van der Waals surface area contributed by atoms with Gasteiger partial charge in [0.1, 0.15) is 11.9 Å². The summed E-state index contributed by atoms with van der Waals surface area (Å²) in [7, 11) is 0. The first-order chi connectivity index (χ1) is 9.45. The molecule has 3 heteroatoms. The zero-order valence-electron chi connectivity index (χ0n) is 12.6. The van der Waals surface area contributed by atoms with Gasteiger partial charge < -0.3 is 9.47 Å². The average Bonchev–Trinajstić information content (AvgIpc) is 2.39. The molecule has 1 saturated carbocycles. The normalized spacial score (nSPS) is 23.1. The SMILES string of the molecule is CC(C)(C)C1CCC(OC(=O)Oc2ccccc2)CC1. The first-order valence-electron chi connectivity index (χ1n) is 7.38. The number of hydrogen-bond donors (Lipinski definition) is 0. The number of ether oxygens (including phenoxy) is 2. The Morgan fingerprint density at radius 1 is 1.05 bits per heavy atom. The molecule has 0 saturated heterocycles. The van der Waals surface area contributed by atoms with Crippen molar-refractivity contribution in [2.24, 2.45) is 11.3 Å².